The second-order valence-corrected chi connectivity index (χ2v) is 6.63. The van der Waals surface area contributed by atoms with E-state index in [2.05, 4.69) is 5.32 Å². The van der Waals surface area contributed by atoms with Gasteiger partial charge in [0.15, 0.2) is 0 Å². The van der Waals surface area contributed by atoms with E-state index in [4.69, 9.17) is 16.3 Å². The zero-order valence-electron chi connectivity index (χ0n) is 13.0. The van der Waals surface area contributed by atoms with E-state index in [0.29, 0.717) is 18.2 Å². The highest BCUT2D eigenvalue weighted by atomic mass is 35.5. The second-order valence-electron chi connectivity index (χ2n) is 4.92. The molecule has 23 heavy (non-hydrogen) atoms. The smallest absolute Gasteiger partial charge is 0.233 e. The number of hydrogen-bond donors (Lipinski definition) is 1. The summed E-state index contributed by atoms with van der Waals surface area (Å²) in [7, 11) is 0. The molecule has 5 heteroatoms. The van der Waals surface area contributed by atoms with Crippen molar-refractivity contribution in [2.45, 2.75) is 23.5 Å². The van der Waals surface area contributed by atoms with Crippen LogP contribution in [0.15, 0.2) is 59.5 Å². The molecule has 0 aromatic heterocycles. The molecule has 122 valence electrons. The van der Waals surface area contributed by atoms with Crippen LogP contribution in [0, 0.1) is 0 Å². The molecule has 0 aliphatic carbocycles. The number of para-hydroxylation sites is 1. The van der Waals surface area contributed by atoms with Crippen LogP contribution < -0.4 is 10.1 Å². The number of hydrogen-bond acceptors (Lipinski definition) is 3. The fourth-order valence-electron chi connectivity index (χ4n) is 1.97. The summed E-state index contributed by atoms with van der Waals surface area (Å²) >= 11 is 7.43. The van der Waals surface area contributed by atoms with Crippen LogP contribution in [0.25, 0.3) is 0 Å². The maximum absolute atomic E-state index is 12.2. The Morgan fingerprint density at radius 2 is 1.87 bits per heavy atom. The summed E-state index contributed by atoms with van der Waals surface area (Å²) < 4.78 is 5.57. The summed E-state index contributed by atoms with van der Waals surface area (Å²) in [4.78, 5) is 13.3. The van der Waals surface area contributed by atoms with Crippen molar-refractivity contribution >= 4 is 29.3 Å². The van der Waals surface area contributed by atoms with Crippen molar-refractivity contribution in [1.29, 1.82) is 0 Å². The van der Waals surface area contributed by atoms with Gasteiger partial charge in [0, 0.05) is 9.92 Å². The average Bonchev–Trinajstić information content (AvgIpc) is 2.59. The Morgan fingerprint density at radius 1 is 1.17 bits per heavy atom. The van der Waals surface area contributed by atoms with Gasteiger partial charge < -0.3 is 10.1 Å². The van der Waals surface area contributed by atoms with Crippen molar-refractivity contribution in [3.63, 3.8) is 0 Å². The van der Waals surface area contributed by atoms with Gasteiger partial charge in [-0.15, -0.1) is 11.8 Å². The molecule has 1 atom stereocenters. The molecule has 0 radical (unpaired) electrons. The number of nitrogens with one attached hydrogen (secondary N) is 1. The molecule has 0 spiro atoms. The molecule has 0 saturated heterocycles. The molecule has 0 unspecified atom stereocenters. The quantitative estimate of drug-likeness (QED) is 0.567. The summed E-state index contributed by atoms with van der Waals surface area (Å²) in [5.41, 5.74) is 0. The van der Waals surface area contributed by atoms with Crippen molar-refractivity contribution in [2.75, 3.05) is 13.2 Å². The van der Waals surface area contributed by atoms with Crippen molar-refractivity contribution < 1.29 is 9.53 Å². The topological polar surface area (TPSA) is 38.3 Å². The molecule has 0 fully saturated rings. The molecule has 2 aromatic carbocycles. The fourth-order valence-corrected chi connectivity index (χ4v) is 3.08. The van der Waals surface area contributed by atoms with Crippen LogP contribution in [-0.4, -0.2) is 24.3 Å². The Bertz CT molecular complexity index is 604. The van der Waals surface area contributed by atoms with Crippen LogP contribution in [0.3, 0.4) is 0 Å². The Balaban J connectivity index is 1.75. The maximum atomic E-state index is 12.2. The first-order chi connectivity index (χ1) is 11.2. The number of benzene rings is 2. The van der Waals surface area contributed by atoms with E-state index < -0.39 is 0 Å². The van der Waals surface area contributed by atoms with Gasteiger partial charge in [-0.25, -0.2) is 0 Å². The Hall–Kier alpha value is -1.65. The number of amides is 1. The third-order valence-corrected chi connectivity index (χ3v) is 4.80. The van der Waals surface area contributed by atoms with E-state index >= 15 is 0 Å². The predicted molar refractivity (Wildman–Crippen MR) is 96.3 cm³/mol. The van der Waals surface area contributed by atoms with Crippen molar-refractivity contribution in [2.24, 2.45) is 0 Å². The molecule has 2 rings (SSSR count). The lowest BCUT2D eigenvalue weighted by molar-refractivity contribution is -0.120. The van der Waals surface area contributed by atoms with E-state index in [0.717, 1.165) is 17.1 Å². The fraction of sp³-hybridized carbons (Fsp3) is 0.278. The molecule has 0 bridgehead atoms. The number of rotatable bonds is 8. The van der Waals surface area contributed by atoms with Crippen LogP contribution in [0.5, 0.6) is 5.75 Å². The summed E-state index contributed by atoms with van der Waals surface area (Å²) in [6.07, 6.45) is 0.763. The first-order valence-corrected chi connectivity index (χ1v) is 8.82. The monoisotopic (exact) mass is 349 g/mol. The zero-order valence-corrected chi connectivity index (χ0v) is 14.6. The normalized spacial score (nSPS) is 11.7. The summed E-state index contributed by atoms with van der Waals surface area (Å²) in [5.74, 6) is 0.841. The lowest BCUT2D eigenvalue weighted by Crippen LogP contribution is -2.35. The highest BCUT2D eigenvalue weighted by Crippen LogP contribution is 2.26. The molecule has 1 N–H and O–H groups in total. The van der Waals surface area contributed by atoms with Gasteiger partial charge in [0.2, 0.25) is 5.91 Å². The molecule has 3 nitrogen and oxygen atoms in total. The number of thioether (sulfide) groups is 1. The lowest BCUT2D eigenvalue weighted by Gasteiger charge is -2.15. The molecule has 0 aliphatic heterocycles. The first-order valence-electron chi connectivity index (χ1n) is 7.57. The van der Waals surface area contributed by atoms with Gasteiger partial charge in [-0.2, -0.15) is 0 Å². The third-order valence-electron chi connectivity index (χ3n) is 3.17. The van der Waals surface area contributed by atoms with E-state index in [9.17, 15) is 4.79 Å². The van der Waals surface area contributed by atoms with E-state index in [1.807, 2.05) is 61.5 Å². The van der Waals surface area contributed by atoms with Crippen LogP contribution >= 0.6 is 23.4 Å². The molecule has 0 aliphatic rings. The third kappa shape index (κ3) is 6.16. The van der Waals surface area contributed by atoms with Crippen LogP contribution in [0.2, 0.25) is 5.02 Å². The Morgan fingerprint density at radius 3 is 2.52 bits per heavy atom. The standard InChI is InChI=1S/C18H20ClNO2S/c1-2-17(23-16-10-8-14(19)9-11-16)18(21)20-12-13-22-15-6-4-3-5-7-15/h3-11,17H,2,12-13H2,1H3,(H,20,21)/t17-/m1/s1. The van der Waals surface area contributed by atoms with E-state index in [1.54, 1.807) is 11.8 Å². The van der Waals surface area contributed by atoms with Gasteiger partial charge >= 0.3 is 0 Å². The van der Waals surface area contributed by atoms with Crippen LogP contribution in [0.4, 0.5) is 0 Å². The molecule has 2 aromatic rings. The zero-order chi connectivity index (χ0) is 16.5. The molecule has 0 saturated carbocycles. The van der Waals surface area contributed by atoms with Crippen molar-refractivity contribution in [3.05, 3.63) is 59.6 Å². The van der Waals surface area contributed by atoms with Gasteiger partial charge in [-0.1, -0.05) is 36.7 Å². The minimum Gasteiger partial charge on any atom is -0.492 e. The minimum absolute atomic E-state index is 0.0316. The largest absolute Gasteiger partial charge is 0.492 e. The number of carbonyl (C=O) groups excluding carboxylic acids is 1. The van der Waals surface area contributed by atoms with Gasteiger partial charge in [0.25, 0.3) is 0 Å². The Labute approximate surface area is 146 Å². The first kappa shape index (κ1) is 17.7. The van der Waals surface area contributed by atoms with Gasteiger partial charge in [0.1, 0.15) is 12.4 Å². The number of ether oxygens (including phenoxy) is 1. The highest BCUT2D eigenvalue weighted by Gasteiger charge is 2.17. The predicted octanol–water partition coefficient (Wildman–Crippen LogP) is 4.41. The summed E-state index contributed by atoms with van der Waals surface area (Å²) in [5, 5.41) is 3.51. The van der Waals surface area contributed by atoms with Crippen molar-refractivity contribution in [3.8, 4) is 5.75 Å². The lowest BCUT2D eigenvalue weighted by atomic mass is 10.3. The van der Waals surface area contributed by atoms with Gasteiger partial charge in [-0.05, 0) is 42.8 Å². The number of halogens is 1. The second kappa shape index (κ2) is 9.48. The van der Waals surface area contributed by atoms with Gasteiger partial charge in [0.05, 0.1) is 11.8 Å². The van der Waals surface area contributed by atoms with Gasteiger partial charge in [-0.3, -0.25) is 4.79 Å². The van der Waals surface area contributed by atoms with E-state index in [-0.39, 0.29) is 11.2 Å². The summed E-state index contributed by atoms with van der Waals surface area (Å²) in [6, 6.07) is 17.1. The average molecular weight is 350 g/mol. The SMILES string of the molecule is CC[C@@H](Sc1ccc(Cl)cc1)C(=O)NCCOc1ccccc1. The Kier molecular flexibility index (Phi) is 7.30. The number of carbonyl (C=O) groups is 1. The van der Waals surface area contributed by atoms with E-state index in [1.165, 1.54) is 0 Å². The summed E-state index contributed by atoms with van der Waals surface area (Å²) in [6.45, 7) is 2.96. The molecular formula is C18H20ClNO2S. The maximum Gasteiger partial charge on any atom is 0.233 e. The highest BCUT2D eigenvalue weighted by molar-refractivity contribution is 8.00. The molecule has 1 amide bonds. The van der Waals surface area contributed by atoms with Crippen LogP contribution in [-0.2, 0) is 4.79 Å². The molecular weight excluding hydrogens is 330 g/mol. The van der Waals surface area contributed by atoms with Crippen molar-refractivity contribution in [1.82, 2.24) is 5.32 Å². The molecule has 0 heterocycles. The minimum atomic E-state index is -0.118. The van der Waals surface area contributed by atoms with Crippen LogP contribution in [0.1, 0.15) is 13.3 Å².